The second kappa shape index (κ2) is 7.47. The molecule has 0 aliphatic heterocycles. The lowest BCUT2D eigenvalue weighted by molar-refractivity contribution is 0.514. The molecule has 1 nitrogen and oxygen atoms in total. The molecule has 0 saturated heterocycles. The zero-order valence-electron chi connectivity index (χ0n) is 12.2. The Morgan fingerprint density at radius 2 is 1.90 bits per heavy atom. The Labute approximate surface area is 127 Å². The summed E-state index contributed by atoms with van der Waals surface area (Å²) in [5, 5.41) is 4.38. The van der Waals surface area contributed by atoms with E-state index < -0.39 is 0 Å². The van der Waals surface area contributed by atoms with Gasteiger partial charge in [0, 0.05) is 17.6 Å². The molecule has 0 aromatic heterocycles. The molecule has 0 saturated carbocycles. The normalized spacial score (nSPS) is 12.3. The zero-order valence-corrected chi connectivity index (χ0v) is 13.0. The SMILES string of the molecule is Cc1cccc(CCC(C)NCc2ccccc2Cl)c1. The number of nitrogens with one attached hydrogen (secondary N) is 1. The maximum absolute atomic E-state index is 6.16. The van der Waals surface area contributed by atoms with E-state index in [4.69, 9.17) is 11.6 Å². The summed E-state index contributed by atoms with van der Waals surface area (Å²) in [6.07, 6.45) is 2.24. The summed E-state index contributed by atoms with van der Waals surface area (Å²) in [4.78, 5) is 0. The van der Waals surface area contributed by atoms with Crippen LogP contribution in [0.1, 0.15) is 30.0 Å². The molecule has 106 valence electrons. The van der Waals surface area contributed by atoms with Crippen LogP contribution in [-0.2, 0) is 13.0 Å². The molecule has 20 heavy (non-hydrogen) atoms. The summed E-state index contributed by atoms with van der Waals surface area (Å²) in [5.41, 5.74) is 3.91. The Morgan fingerprint density at radius 1 is 1.10 bits per heavy atom. The molecule has 0 aliphatic carbocycles. The highest BCUT2D eigenvalue weighted by Gasteiger charge is 2.04. The van der Waals surface area contributed by atoms with E-state index >= 15 is 0 Å². The van der Waals surface area contributed by atoms with E-state index in [9.17, 15) is 0 Å². The molecule has 0 fully saturated rings. The van der Waals surface area contributed by atoms with Crippen LogP contribution in [-0.4, -0.2) is 6.04 Å². The van der Waals surface area contributed by atoms with Gasteiger partial charge in [0.2, 0.25) is 0 Å². The predicted octanol–water partition coefficient (Wildman–Crippen LogP) is 4.76. The van der Waals surface area contributed by atoms with E-state index in [0.717, 1.165) is 30.0 Å². The molecule has 0 heterocycles. The van der Waals surface area contributed by atoms with Gasteiger partial charge in [-0.1, -0.05) is 59.6 Å². The van der Waals surface area contributed by atoms with Crippen molar-refractivity contribution in [3.8, 4) is 0 Å². The fourth-order valence-corrected chi connectivity index (χ4v) is 2.48. The highest BCUT2D eigenvalue weighted by Crippen LogP contribution is 2.15. The Kier molecular flexibility index (Phi) is 5.63. The van der Waals surface area contributed by atoms with Crippen molar-refractivity contribution in [2.75, 3.05) is 0 Å². The smallest absolute Gasteiger partial charge is 0.0450 e. The van der Waals surface area contributed by atoms with E-state index in [0.29, 0.717) is 6.04 Å². The largest absolute Gasteiger partial charge is 0.310 e. The highest BCUT2D eigenvalue weighted by atomic mass is 35.5. The maximum Gasteiger partial charge on any atom is 0.0450 e. The summed E-state index contributed by atoms with van der Waals surface area (Å²) < 4.78 is 0. The number of benzene rings is 2. The first-order chi connectivity index (χ1) is 9.65. The Hall–Kier alpha value is -1.31. The van der Waals surface area contributed by atoms with Gasteiger partial charge >= 0.3 is 0 Å². The van der Waals surface area contributed by atoms with Gasteiger partial charge in [0.1, 0.15) is 0 Å². The molecule has 2 rings (SSSR count). The van der Waals surface area contributed by atoms with E-state index in [1.165, 1.54) is 11.1 Å². The van der Waals surface area contributed by atoms with Crippen molar-refractivity contribution in [3.63, 3.8) is 0 Å². The number of halogens is 1. The molecular weight excluding hydrogens is 266 g/mol. The van der Waals surface area contributed by atoms with Crippen LogP contribution in [0, 0.1) is 6.92 Å². The summed E-state index contributed by atoms with van der Waals surface area (Å²) in [5.74, 6) is 0. The van der Waals surface area contributed by atoms with Crippen LogP contribution >= 0.6 is 11.6 Å². The zero-order chi connectivity index (χ0) is 14.4. The summed E-state index contributed by atoms with van der Waals surface area (Å²) in [7, 11) is 0. The van der Waals surface area contributed by atoms with Crippen LogP contribution in [0.5, 0.6) is 0 Å². The van der Waals surface area contributed by atoms with Gasteiger partial charge in [0.15, 0.2) is 0 Å². The van der Waals surface area contributed by atoms with Gasteiger partial charge in [-0.2, -0.15) is 0 Å². The second-order valence-corrected chi connectivity index (χ2v) is 5.81. The lowest BCUT2D eigenvalue weighted by atomic mass is 10.0. The predicted molar refractivity (Wildman–Crippen MR) is 87.3 cm³/mol. The first-order valence-electron chi connectivity index (χ1n) is 7.17. The quantitative estimate of drug-likeness (QED) is 0.808. The van der Waals surface area contributed by atoms with Gasteiger partial charge in [-0.05, 0) is 43.9 Å². The number of hydrogen-bond acceptors (Lipinski definition) is 1. The number of hydrogen-bond donors (Lipinski definition) is 1. The van der Waals surface area contributed by atoms with Gasteiger partial charge in [0.05, 0.1) is 0 Å². The highest BCUT2D eigenvalue weighted by molar-refractivity contribution is 6.31. The van der Waals surface area contributed by atoms with Crippen molar-refractivity contribution in [1.29, 1.82) is 0 Å². The third kappa shape index (κ3) is 4.66. The topological polar surface area (TPSA) is 12.0 Å². The molecular formula is C18H22ClN. The third-order valence-corrected chi connectivity index (χ3v) is 3.92. The van der Waals surface area contributed by atoms with Gasteiger partial charge in [-0.15, -0.1) is 0 Å². The lowest BCUT2D eigenvalue weighted by Crippen LogP contribution is -2.26. The molecule has 2 aromatic rings. The van der Waals surface area contributed by atoms with Crippen molar-refractivity contribution < 1.29 is 0 Å². The van der Waals surface area contributed by atoms with Crippen LogP contribution in [0.15, 0.2) is 48.5 Å². The molecule has 0 bridgehead atoms. The first-order valence-corrected chi connectivity index (χ1v) is 7.55. The van der Waals surface area contributed by atoms with E-state index in [1.807, 2.05) is 18.2 Å². The molecule has 1 unspecified atom stereocenters. The molecule has 0 aliphatic rings. The van der Waals surface area contributed by atoms with Crippen molar-refractivity contribution in [2.45, 2.75) is 39.3 Å². The minimum atomic E-state index is 0.479. The summed E-state index contributed by atoms with van der Waals surface area (Å²) in [6, 6.07) is 17.2. The number of aryl methyl sites for hydroxylation is 2. The van der Waals surface area contributed by atoms with Crippen molar-refractivity contribution >= 4 is 11.6 Å². The Bertz CT molecular complexity index is 551. The fraction of sp³-hybridized carbons (Fsp3) is 0.333. The Morgan fingerprint density at radius 3 is 2.65 bits per heavy atom. The summed E-state index contributed by atoms with van der Waals surface area (Å²) >= 11 is 6.16. The molecule has 2 heteroatoms. The van der Waals surface area contributed by atoms with Crippen LogP contribution in [0.2, 0.25) is 5.02 Å². The van der Waals surface area contributed by atoms with E-state index in [-0.39, 0.29) is 0 Å². The summed E-state index contributed by atoms with van der Waals surface area (Å²) in [6.45, 7) is 5.20. The molecule has 0 spiro atoms. The third-order valence-electron chi connectivity index (χ3n) is 3.55. The van der Waals surface area contributed by atoms with Gasteiger partial charge in [-0.25, -0.2) is 0 Å². The average Bonchev–Trinajstić information content (AvgIpc) is 2.44. The average molecular weight is 288 g/mol. The lowest BCUT2D eigenvalue weighted by Gasteiger charge is -2.14. The van der Waals surface area contributed by atoms with E-state index in [1.54, 1.807) is 0 Å². The minimum Gasteiger partial charge on any atom is -0.310 e. The van der Waals surface area contributed by atoms with Crippen molar-refractivity contribution in [2.24, 2.45) is 0 Å². The molecule has 1 N–H and O–H groups in total. The molecule has 0 radical (unpaired) electrons. The standard InChI is InChI=1S/C18H22ClN/c1-14-6-5-7-16(12-14)11-10-15(2)20-13-17-8-3-4-9-18(17)19/h3-9,12,15,20H,10-11,13H2,1-2H3. The van der Waals surface area contributed by atoms with E-state index in [2.05, 4.69) is 49.5 Å². The van der Waals surface area contributed by atoms with Crippen LogP contribution < -0.4 is 5.32 Å². The fourth-order valence-electron chi connectivity index (χ4n) is 2.28. The van der Waals surface area contributed by atoms with Gasteiger partial charge in [-0.3, -0.25) is 0 Å². The first kappa shape index (κ1) is 15.1. The molecule has 2 aromatic carbocycles. The Balaban J connectivity index is 1.78. The van der Waals surface area contributed by atoms with Crippen molar-refractivity contribution in [1.82, 2.24) is 5.32 Å². The maximum atomic E-state index is 6.16. The van der Waals surface area contributed by atoms with Crippen LogP contribution in [0.3, 0.4) is 0 Å². The molecule has 1 atom stereocenters. The van der Waals surface area contributed by atoms with Gasteiger partial charge < -0.3 is 5.32 Å². The van der Waals surface area contributed by atoms with Crippen molar-refractivity contribution in [3.05, 3.63) is 70.2 Å². The van der Waals surface area contributed by atoms with Gasteiger partial charge in [0.25, 0.3) is 0 Å². The van der Waals surface area contributed by atoms with Crippen LogP contribution in [0.25, 0.3) is 0 Å². The number of rotatable bonds is 6. The minimum absolute atomic E-state index is 0.479. The molecule has 0 amide bonds. The van der Waals surface area contributed by atoms with Crippen LogP contribution in [0.4, 0.5) is 0 Å². The second-order valence-electron chi connectivity index (χ2n) is 5.40. The monoisotopic (exact) mass is 287 g/mol.